The molecule has 0 aromatic heterocycles. The van der Waals surface area contributed by atoms with E-state index in [4.69, 9.17) is 5.11 Å². The highest BCUT2D eigenvalue weighted by atomic mass is 16.3. The number of aliphatic hydroxyl groups excluding tert-OH is 2. The van der Waals surface area contributed by atoms with Crippen molar-refractivity contribution >= 4 is 0 Å². The Bertz CT molecular complexity index is 521. The van der Waals surface area contributed by atoms with E-state index in [1.165, 1.54) is 0 Å². The van der Waals surface area contributed by atoms with E-state index in [0.29, 0.717) is 11.1 Å². The Labute approximate surface area is 99.6 Å². The smallest absolute Gasteiger partial charge is 0.123 e. The molecule has 0 atom stereocenters. The van der Waals surface area contributed by atoms with Crippen LogP contribution in [0.1, 0.15) is 11.1 Å². The summed E-state index contributed by atoms with van der Waals surface area (Å²) in [5.74, 6) is 0.180. The fraction of sp³-hybridized carbons (Fsp3) is 0.143. The van der Waals surface area contributed by atoms with Gasteiger partial charge in [-0.25, -0.2) is 0 Å². The summed E-state index contributed by atoms with van der Waals surface area (Å²) < 4.78 is 0. The molecule has 0 radical (unpaired) electrons. The Morgan fingerprint density at radius 3 is 2.24 bits per heavy atom. The average Bonchev–Trinajstić information content (AvgIpc) is 2.38. The van der Waals surface area contributed by atoms with E-state index in [9.17, 15) is 10.2 Å². The highest BCUT2D eigenvalue weighted by Gasteiger charge is 2.08. The van der Waals surface area contributed by atoms with Crippen LogP contribution in [0.25, 0.3) is 11.1 Å². The van der Waals surface area contributed by atoms with E-state index in [0.717, 1.165) is 11.1 Å². The van der Waals surface area contributed by atoms with Crippen molar-refractivity contribution in [3.05, 3.63) is 53.6 Å². The molecule has 2 aromatic carbocycles. The number of aliphatic hydroxyl groups is 2. The third-order valence-corrected chi connectivity index (χ3v) is 2.72. The second-order valence-corrected chi connectivity index (χ2v) is 3.82. The van der Waals surface area contributed by atoms with Crippen LogP contribution < -0.4 is 0 Å². The highest BCUT2D eigenvalue weighted by molar-refractivity contribution is 5.73. The third kappa shape index (κ3) is 2.30. The molecular formula is C14H14O3. The minimum atomic E-state index is -0.127. The second kappa shape index (κ2) is 4.99. The molecule has 0 bridgehead atoms. The summed E-state index contributed by atoms with van der Waals surface area (Å²) in [6, 6.07) is 12.3. The first kappa shape index (κ1) is 11.6. The lowest BCUT2D eigenvalue weighted by atomic mass is 9.97. The molecule has 0 heterocycles. The Hall–Kier alpha value is -1.84. The van der Waals surface area contributed by atoms with E-state index in [1.807, 2.05) is 6.07 Å². The maximum Gasteiger partial charge on any atom is 0.123 e. The van der Waals surface area contributed by atoms with Crippen molar-refractivity contribution in [3.63, 3.8) is 0 Å². The maximum atomic E-state index is 9.78. The molecule has 0 amide bonds. The van der Waals surface area contributed by atoms with Crippen LogP contribution in [-0.4, -0.2) is 15.3 Å². The first-order valence-corrected chi connectivity index (χ1v) is 5.38. The Balaban J connectivity index is 2.56. The molecular weight excluding hydrogens is 216 g/mol. The van der Waals surface area contributed by atoms with Gasteiger partial charge in [-0.1, -0.05) is 36.4 Å². The molecule has 0 unspecified atom stereocenters. The summed E-state index contributed by atoms with van der Waals surface area (Å²) in [7, 11) is 0. The van der Waals surface area contributed by atoms with Crippen LogP contribution in [-0.2, 0) is 13.2 Å². The zero-order valence-corrected chi connectivity index (χ0v) is 9.30. The lowest BCUT2D eigenvalue weighted by Gasteiger charge is -2.10. The van der Waals surface area contributed by atoms with Crippen molar-refractivity contribution in [2.45, 2.75) is 13.2 Å². The van der Waals surface area contributed by atoms with Gasteiger partial charge in [-0.3, -0.25) is 0 Å². The van der Waals surface area contributed by atoms with Crippen LogP contribution in [0, 0.1) is 0 Å². The summed E-state index contributed by atoms with van der Waals surface area (Å²) in [4.78, 5) is 0. The van der Waals surface area contributed by atoms with E-state index in [2.05, 4.69) is 0 Å². The van der Waals surface area contributed by atoms with Crippen molar-refractivity contribution < 1.29 is 15.3 Å². The minimum Gasteiger partial charge on any atom is -0.507 e. The van der Waals surface area contributed by atoms with Crippen LogP contribution in [0.3, 0.4) is 0 Å². The fourth-order valence-corrected chi connectivity index (χ4v) is 1.84. The molecule has 0 aliphatic rings. The number of para-hydroxylation sites is 1. The summed E-state index contributed by atoms with van der Waals surface area (Å²) in [6.07, 6.45) is 0. The van der Waals surface area contributed by atoms with Gasteiger partial charge in [0, 0.05) is 5.56 Å². The summed E-state index contributed by atoms with van der Waals surface area (Å²) in [6.45, 7) is -0.189. The molecule has 0 fully saturated rings. The first-order chi connectivity index (χ1) is 8.26. The van der Waals surface area contributed by atoms with Crippen LogP contribution in [0.5, 0.6) is 5.75 Å². The maximum absolute atomic E-state index is 9.78. The molecule has 88 valence electrons. The lowest BCUT2D eigenvalue weighted by molar-refractivity contribution is 0.275. The molecule has 0 saturated carbocycles. The third-order valence-electron chi connectivity index (χ3n) is 2.72. The van der Waals surface area contributed by atoms with Gasteiger partial charge in [0.1, 0.15) is 5.75 Å². The van der Waals surface area contributed by atoms with Crippen molar-refractivity contribution in [2.75, 3.05) is 0 Å². The summed E-state index contributed by atoms with van der Waals surface area (Å²) in [5, 5.41) is 28.1. The molecule has 0 aliphatic carbocycles. The van der Waals surface area contributed by atoms with E-state index >= 15 is 0 Å². The second-order valence-electron chi connectivity index (χ2n) is 3.82. The van der Waals surface area contributed by atoms with Gasteiger partial charge in [-0.2, -0.15) is 0 Å². The van der Waals surface area contributed by atoms with Crippen LogP contribution in [0.15, 0.2) is 42.5 Å². The van der Waals surface area contributed by atoms with E-state index in [-0.39, 0.29) is 19.0 Å². The van der Waals surface area contributed by atoms with Crippen molar-refractivity contribution in [1.29, 1.82) is 0 Å². The van der Waals surface area contributed by atoms with Gasteiger partial charge in [-0.05, 0) is 22.8 Å². The van der Waals surface area contributed by atoms with Gasteiger partial charge < -0.3 is 15.3 Å². The topological polar surface area (TPSA) is 60.7 Å². The molecule has 3 heteroatoms. The van der Waals surface area contributed by atoms with Crippen molar-refractivity contribution in [2.24, 2.45) is 0 Å². The van der Waals surface area contributed by atoms with Gasteiger partial charge in [-0.15, -0.1) is 0 Å². The van der Waals surface area contributed by atoms with Gasteiger partial charge >= 0.3 is 0 Å². The predicted octanol–water partition coefficient (Wildman–Crippen LogP) is 2.04. The minimum absolute atomic E-state index is 0.0615. The fourth-order valence-electron chi connectivity index (χ4n) is 1.84. The van der Waals surface area contributed by atoms with Crippen LogP contribution >= 0.6 is 0 Å². The molecule has 2 aromatic rings. The van der Waals surface area contributed by atoms with Crippen molar-refractivity contribution in [3.8, 4) is 16.9 Å². The molecule has 2 rings (SSSR count). The highest BCUT2D eigenvalue weighted by Crippen LogP contribution is 2.31. The van der Waals surface area contributed by atoms with Crippen molar-refractivity contribution in [1.82, 2.24) is 0 Å². The van der Waals surface area contributed by atoms with Crippen LogP contribution in [0.4, 0.5) is 0 Å². The standard InChI is InChI=1S/C14H14O3/c15-8-10-5-6-12(11(7-10)9-16)13-3-1-2-4-14(13)17/h1-7,15-17H,8-9H2. The van der Waals surface area contributed by atoms with E-state index in [1.54, 1.807) is 36.4 Å². The Morgan fingerprint density at radius 1 is 0.824 bits per heavy atom. The average molecular weight is 230 g/mol. The molecule has 3 nitrogen and oxygen atoms in total. The normalized spacial score (nSPS) is 10.5. The first-order valence-electron chi connectivity index (χ1n) is 5.38. The number of aromatic hydroxyl groups is 1. The number of phenolic OH excluding ortho intramolecular Hbond substituents is 1. The quantitative estimate of drug-likeness (QED) is 0.756. The van der Waals surface area contributed by atoms with Gasteiger partial charge in [0.25, 0.3) is 0 Å². The van der Waals surface area contributed by atoms with Gasteiger partial charge in [0.2, 0.25) is 0 Å². The lowest BCUT2D eigenvalue weighted by Crippen LogP contribution is -1.93. The molecule has 17 heavy (non-hydrogen) atoms. The Morgan fingerprint density at radius 2 is 1.59 bits per heavy atom. The molecule has 0 saturated heterocycles. The van der Waals surface area contributed by atoms with Gasteiger partial charge in [0.05, 0.1) is 13.2 Å². The largest absolute Gasteiger partial charge is 0.507 e. The number of benzene rings is 2. The number of hydrogen-bond donors (Lipinski definition) is 3. The molecule has 0 spiro atoms. The summed E-state index contributed by atoms with van der Waals surface area (Å²) in [5.41, 5.74) is 2.90. The Kier molecular flexibility index (Phi) is 3.42. The monoisotopic (exact) mass is 230 g/mol. The molecule has 0 aliphatic heterocycles. The summed E-state index contributed by atoms with van der Waals surface area (Å²) >= 11 is 0. The molecule has 3 N–H and O–H groups in total. The van der Waals surface area contributed by atoms with E-state index < -0.39 is 0 Å². The zero-order chi connectivity index (χ0) is 12.3. The predicted molar refractivity (Wildman–Crippen MR) is 65.4 cm³/mol. The van der Waals surface area contributed by atoms with Crippen LogP contribution in [0.2, 0.25) is 0 Å². The van der Waals surface area contributed by atoms with Gasteiger partial charge in [0.15, 0.2) is 0 Å². The number of phenols is 1. The number of rotatable bonds is 3. The number of hydrogen-bond acceptors (Lipinski definition) is 3. The zero-order valence-electron chi connectivity index (χ0n) is 9.30. The SMILES string of the molecule is OCc1ccc(-c2ccccc2O)c(CO)c1.